The molecule has 18 heavy (non-hydrogen) atoms. The molecule has 108 valence electrons. The maximum Gasteiger partial charge on any atom is 0.0585 e. The van der Waals surface area contributed by atoms with Crippen LogP contribution in [0.1, 0.15) is 33.1 Å². The predicted octanol–water partition coefficient (Wildman–Crippen LogP) is 0.761. The highest BCUT2D eigenvalue weighted by Crippen LogP contribution is 2.14. The fraction of sp³-hybridized carbons (Fsp3) is 1.00. The molecule has 1 heterocycles. The zero-order valence-electron chi connectivity index (χ0n) is 12.5. The van der Waals surface area contributed by atoms with Gasteiger partial charge in [-0.1, -0.05) is 13.8 Å². The molecule has 1 rings (SSSR count). The molecule has 1 saturated heterocycles. The first-order valence-electron chi connectivity index (χ1n) is 7.28. The lowest BCUT2D eigenvalue weighted by molar-refractivity contribution is 0.123. The standard InChI is InChI=1S/C14H31N3O/c1-12(2)15-13(11-18)7-9-17-8-5-6-14(10-17)16(3)4/h12-15,18H,5-11H2,1-4H3. The van der Waals surface area contributed by atoms with E-state index in [1.807, 2.05) is 0 Å². The summed E-state index contributed by atoms with van der Waals surface area (Å²) >= 11 is 0. The van der Waals surface area contributed by atoms with E-state index in [1.54, 1.807) is 0 Å². The number of piperidine rings is 1. The lowest BCUT2D eigenvalue weighted by Crippen LogP contribution is -2.47. The molecule has 1 fully saturated rings. The van der Waals surface area contributed by atoms with Gasteiger partial charge in [0.2, 0.25) is 0 Å². The van der Waals surface area contributed by atoms with E-state index in [1.165, 1.54) is 25.9 Å². The summed E-state index contributed by atoms with van der Waals surface area (Å²) in [7, 11) is 4.34. The smallest absolute Gasteiger partial charge is 0.0585 e. The van der Waals surface area contributed by atoms with Gasteiger partial charge >= 0.3 is 0 Å². The van der Waals surface area contributed by atoms with Crippen molar-refractivity contribution in [3.63, 3.8) is 0 Å². The van der Waals surface area contributed by atoms with Crippen LogP contribution >= 0.6 is 0 Å². The van der Waals surface area contributed by atoms with E-state index in [0.717, 1.165) is 13.0 Å². The second-order valence-corrected chi connectivity index (χ2v) is 6.05. The van der Waals surface area contributed by atoms with Crippen molar-refractivity contribution in [1.82, 2.24) is 15.1 Å². The molecule has 1 aliphatic heterocycles. The zero-order valence-corrected chi connectivity index (χ0v) is 12.5. The molecular formula is C14H31N3O. The molecule has 0 spiro atoms. The van der Waals surface area contributed by atoms with Crippen molar-refractivity contribution in [2.24, 2.45) is 0 Å². The zero-order chi connectivity index (χ0) is 13.5. The Labute approximate surface area is 112 Å². The maximum absolute atomic E-state index is 9.36. The summed E-state index contributed by atoms with van der Waals surface area (Å²) in [4.78, 5) is 4.88. The summed E-state index contributed by atoms with van der Waals surface area (Å²) in [5, 5.41) is 12.8. The predicted molar refractivity (Wildman–Crippen MR) is 76.9 cm³/mol. The molecule has 2 atom stereocenters. The SMILES string of the molecule is CC(C)NC(CO)CCN1CCCC(N(C)C)C1. The highest BCUT2D eigenvalue weighted by molar-refractivity contribution is 4.79. The van der Waals surface area contributed by atoms with Crippen LogP contribution in [0.3, 0.4) is 0 Å². The van der Waals surface area contributed by atoms with E-state index >= 15 is 0 Å². The van der Waals surface area contributed by atoms with Gasteiger partial charge in [0.1, 0.15) is 0 Å². The van der Waals surface area contributed by atoms with E-state index in [0.29, 0.717) is 12.1 Å². The molecule has 0 amide bonds. The van der Waals surface area contributed by atoms with Crippen molar-refractivity contribution in [3.05, 3.63) is 0 Å². The Morgan fingerprint density at radius 3 is 2.67 bits per heavy atom. The van der Waals surface area contributed by atoms with Crippen LogP contribution in [0.5, 0.6) is 0 Å². The van der Waals surface area contributed by atoms with Crippen LogP contribution in [-0.4, -0.2) is 73.4 Å². The number of hydrogen-bond acceptors (Lipinski definition) is 4. The van der Waals surface area contributed by atoms with Crippen molar-refractivity contribution in [1.29, 1.82) is 0 Å². The summed E-state index contributed by atoms with van der Waals surface area (Å²) in [6.45, 7) is 7.98. The van der Waals surface area contributed by atoms with Crippen LogP contribution in [0.2, 0.25) is 0 Å². The Morgan fingerprint density at radius 1 is 1.39 bits per heavy atom. The number of hydrogen-bond donors (Lipinski definition) is 2. The highest BCUT2D eigenvalue weighted by Gasteiger charge is 2.21. The molecule has 4 nitrogen and oxygen atoms in total. The monoisotopic (exact) mass is 257 g/mol. The fourth-order valence-electron chi connectivity index (χ4n) is 2.69. The third-order valence-electron chi connectivity index (χ3n) is 3.79. The second-order valence-electron chi connectivity index (χ2n) is 6.05. The van der Waals surface area contributed by atoms with Crippen LogP contribution < -0.4 is 5.32 Å². The van der Waals surface area contributed by atoms with Gasteiger partial charge in [-0.2, -0.15) is 0 Å². The van der Waals surface area contributed by atoms with Gasteiger partial charge in [-0.3, -0.25) is 0 Å². The minimum atomic E-state index is 0.239. The molecule has 0 aromatic heterocycles. The summed E-state index contributed by atoms with van der Waals surface area (Å²) in [5.74, 6) is 0. The molecule has 0 radical (unpaired) electrons. The average molecular weight is 257 g/mol. The number of rotatable bonds is 7. The topological polar surface area (TPSA) is 38.7 Å². The van der Waals surface area contributed by atoms with Crippen LogP contribution in [0, 0.1) is 0 Å². The van der Waals surface area contributed by atoms with E-state index < -0.39 is 0 Å². The molecule has 2 unspecified atom stereocenters. The molecule has 2 N–H and O–H groups in total. The first-order chi connectivity index (χ1) is 8.52. The number of nitrogens with zero attached hydrogens (tertiary/aromatic N) is 2. The van der Waals surface area contributed by atoms with E-state index in [2.05, 4.69) is 43.1 Å². The van der Waals surface area contributed by atoms with Crippen LogP contribution in [-0.2, 0) is 0 Å². The summed E-state index contributed by atoms with van der Waals surface area (Å²) in [6.07, 6.45) is 3.65. The number of aliphatic hydroxyl groups is 1. The minimum Gasteiger partial charge on any atom is -0.395 e. The number of likely N-dealkylation sites (N-methyl/N-ethyl adjacent to an activating group) is 1. The first-order valence-corrected chi connectivity index (χ1v) is 7.28. The van der Waals surface area contributed by atoms with Gasteiger partial charge in [0.15, 0.2) is 0 Å². The maximum atomic E-state index is 9.36. The summed E-state index contributed by atoms with van der Waals surface area (Å²) < 4.78 is 0. The normalized spacial score (nSPS) is 23.8. The third-order valence-corrected chi connectivity index (χ3v) is 3.79. The Bertz CT molecular complexity index is 221. The van der Waals surface area contributed by atoms with Crippen LogP contribution in [0.15, 0.2) is 0 Å². The Hall–Kier alpha value is -0.160. The van der Waals surface area contributed by atoms with E-state index in [4.69, 9.17) is 0 Å². The van der Waals surface area contributed by atoms with Gasteiger partial charge in [0, 0.05) is 24.7 Å². The molecule has 0 saturated carbocycles. The molecule has 0 aromatic rings. The van der Waals surface area contributed by atoms with Gasteiger partial charge in [0.05, 0.1) is 6.61 Å². The lowest BCUT2D eigenvalue weighted by Gasteiger charge is -2.36. The summed E-state index contributed by atoms with van der Waals surface area (Å²) in [5.41, 5.74) is 0. The Balaban J connectivity index is 2.28. The molecule has 1 aliphatic rings. The quantitative estimate of drug-likeness (QED) is 0.706. The van der Waals surface area contributed by atoms with Gasteiger partial charge in [-0.15, -0.1) is 0 Å². The van der Waals surface area contributed by atoms with Crippen LogP contribution in [0.4, 0.5) is 0 Å². The first kappa shape index (κ1) is 15.9. The van der Waals surface area contributed by atoms with E-state index in [-0.39, 0.29) is 12.6 Å². The van der Waals surface area contributed by atoms with Crippen molar-refractivity contribution in [2.45, 2.75) is 51.2 Å². The fourth-order valence-corrected chi connectivity index (χ4v) is 2.69. The van der Waals surface area contributed by atoms with Gasteiger partial charge in [-0.25, -0.2) is 0 Å². The van der Waals surface area contributed by atoms with Crippen LogP contribution in [0.25, 0.3) is 0 Å². The number of likely N-dealkylation sites (tertiary alicyclic amines) is 1. The molecule has 0 aliphatic carbocycles. The second kappa shape index (κ2) is 8.10. The van der Waals surface area contributed by atoms with E-state index in [9.17, 15) is 5.11 Å². The van der Waals surface area contributed by atoms with Gasteiger partial charge < -0.3 is 20.2 Å². The largest absolute Gasteiger partial charge is 0.395 e. The number of aliphatic hydroxyl groups excluding tert-OH is 1. The van der Waals surface area contributed by atoms with Crippen molar-refractivity contribution in [3.8, 4) is 0 Å². The average Bonchev–Trinajstić information content (AvgIpc) is 2.34. The van der Waals surface area contributed by atoms with Crippen molar-refractivity contribution < 1.29 is 5.11 Å². The van der Waals surface area contributed by atoms with Crippen molar-refractivity contribution in [2.75, 3.05) is 40.3 Å². The molecular weight excluding hydrogens is 226 g/mol. The molecule has 0 bridgehead atoms. The Kier molecular flexibility index (Phi) is 7.15. The Morgan fingerprint density at radius 2 is 2.11 bits per heavy atom. The van der Waals surface area contributed by atoms with Gasteiger partial charge in [-0.05, 0) is 46.4 Å². The third kappa shape index (κ3) is 5.65. The van der Waals surface area contributed by atoms with Gasteiger partial charge in [0.25, 0.3) is 0 Å². The molecule has 4 heteroatoms. The summed E-state index contributed by atoms with van der Waals surface area (Å²) in [6, 6.07) is 1.38. The number of nitrogens with one attached hydrogen (secondary N) is 1. The molecule has 0 aromatic carbocycles. The lowest BCUT2D eigenvalue weighted by atomic mass is 10.0. The minimum absolute atomic E-state index is 0.239. The highest BCUT2D eigenvalue weighted by atomic mass is 16.3. The van der Waals surface area contributed by atoms with Crippen molar-refractivity contribution >= 4 is 0 Å².